The third kappa shape index (κ3) is 5.14. The molecule has 0 aliphatic carbocycles. The number of carbonyl (C=O) groups is 1. The zero-order valence-electron chi connectivity index (χ0n) is 17.2. The van der Waals surface area contributed by atoms with Gasteiger partial charge in [0.1, 0.15) is 10.8 Å². The van der Waals surface area contributed by atoms with Gasteiger partial charge in [-0.2, -0.15) is 0 Å². The van der Waals surface area contributed by atoms with Gasteiger partial charge in [-0.15, -0.1) is 0 Å². The van der Waals surface area contributed by atoms with Gasteiger partial charge in [-0.25, -0.2) is 9.97 Å². The van der Waals surface area contributed by atoms with Crippen LogP contribution in [0.5, 0.6) is 0 Å². The molecule has 1 aromatic carbocycles. The third-order valence-corrected chi connectivity index (χ3v) is 6.53. The predicted octanol–water partition coefficient (Wildman–Crippen LogP) is 4.98. The summed E-state index contributed by atoms with van der Waals surface area (Å²) in [6.45, 7) is 4.12. The zero-order chi connectivity index (χ0) is 22.0. The largest absolute Gasteiger partial charge is 0.362 e. The first-order chi connectivity index (χ1) is 14.9. The number of hydrogen-bond acceptors (Lipinski definition) is 5. The first kappa shape index (κ1) is 22.3. The molecule has 31 heavy (non-hydrogen) atoms. The number of hydrogen-bond donors (Lipinski definition) is 2. The van der Waals surface area contributed by atoms with Gasteiger partial charge < -0.3 is 15.5 Å². The molecule has 0 unspecified atom stereocenters. The van der Waals surface area contributed by atoms with E-state index in [4.69, 9.17) is 34.8 Å². The number of nitrogens with zero attached hydrogens (tertiary/aromatic N) is 3. The number of aromatic nitrogens is 2. The Morgan fingerprint density at radius 2 is 2.13 bits per heavy atom. The molecule has 2 N–H and O–H groups in total. The molecular formula is C22H24Cl3N5O. The maximum Gasteiger partial charge on any atom is 0.239 e. The Labute approximate surface area is 197 Å². The highest BCUT2D eigenvalue weighted by molar-refractivity contribution is 6.35. The van der Waals surface area contributed by atoms with Gasteiger partial charge in [-0.1, -0.05) is 46.9 Å². The van der Waals surface area contributed by atoms with Gasteiger partial charge in [-0.3, -0.25) is 4.79 Å². The van der Waals surface area contributed by atoms with Gasteiger partial charge in [0.05, 0.1) is 18.3 Å². The van der Waals surface area contributed by atoms with Crippen LogP contribution in [0.2, 0.25) is 15.1 Å². The smallest absolute Gasteiger partial charge is 0.239 e. The molecule has 1 amide bonds. The van der Waals surface area contributed by atoms with E-state index in [1.54, 1.807) is 18.3 Å². The molecule has 9 heteroatoms. The van der Waals surface area contributed by atoms with Crippen molar-refractivity contribution in [3.63, 3.8) is 0 Å². The molecule has 4 rings (SSSR count). The molecule has 3 heterocycles. The normalized spacial score (nSPS) is 19.8. The van der Waals surface area contributed by atoms with Crippen molar-refractivity contribution < 1.29 is 4.79 Å². The fourth-order valence-electron chi connectivity index (χ4n) is 3.95. The van der Waals surface area contributed by atoms with Crippen molar-refractivity contribution in [2.75, 3.05) is 25.0 Å². The molecule has 2 atom stereocenters. The number of rotatable bonds is 5. The number of carbonyl (C=O) groups excluding carboxylic acids is 1. The summed E-state index contributed by atoms with van der Waals surface area (Å²) in [6.07, 6.45) is 6.31. The van der Waals surface area contributed by atoms with Crippen LogP contribution in [0.15, 0.2) is 30.5 Å². The van der Waals surface area contributed by atoms with Crippen LogP contribution in [-0.2, 0) is 4.79 Å². The van der Waals surface area contributed by atoms with Crippen LogP contribution in [0.25, 0.3) is 5.57 Å². The number of amides is 1. The Kier molecular flexibility index (Phi) is 7.02. The van der Waals surface area contributed by atoms with E-state index in [9.17, 15) is 4.79 Å². The van der Waals surface area contributed by atoms with Crippen molar-refractivity contribution in [1.29, 1.82) is 0 Å². The maximum atomic E-state index is 12.6. The Hall–Kier alpha value is -1.86. The summed E-state index contributed by atoms with van der Waals surface area (Å²) < 4.78 is 0. The van der Waals surface area contributed by atoms with Crippen LogP contribution >= 0.6 is 34.8 Å². The Balaban J connectivity index is 1.47. The number of nitrogens with one attached hydrogen (secondary N) is 2. The molecule has 2 aliphatic rings. The molecule has 0 spiro atoms. The Morgan fingerprint density at radius 3 is 2.81 bits per heavy atom. The lowest BCUT2D eigenvalue weighted by atomic mass is 10.1. The molecule has 2 aromatic rings. The molecular weight excluding hydrogens is 457 g/mol. The first-order valence-electron chi connectivity index (χ1n) is 10.4. The van der Waals surface area contributed by atoms with E-state index in [0.29, 0.717) is 46.2 Å². The van der Waals surface area contributed by atoms with Crippen molar-refractivity contribution in [3.8, 4) is 0 Å². The highest BCUT2D eigenvalue weighted by atomic mass is 35.5. The number of benzene rings is 1. The predicted molar refractivity (Wildman–Crippen MR) is 126 cm³/mol. The molecule has 1 saturated heterocycles. The van der Waals surface area contributed by atoms with E-state index in [2.05, 4.69) is 20.6 Å². The van der Waals surface area contributed by atoms with Crippen LogP contribution in [-0.4, -0.2) is 46.5 Å². The number of anilines is 1. The molecule has 164 valence electrons. The molecule has 0 radical (unpaired) electrons. The molecule has 0 saturated carbocycles. The van der Waals surface area contributed by atoms with E-state index >= 15 is 0 Å². The van der Waals surface area contributed by atoms with Crippen LogP contribution in [0.4, 0.5) is 5.82 Å². The average molecular weight is 481 g/mol. The van der Waals surface area contributed by atoms with Gasteiger partial charge in [0, 0.05) is 23.1 Å². The van der Waals surface area contributed by atoms with Gasteiger partial charge in [0.15, 0.2) is 5.82 Å². The summed E-state index contributed by atoms with van der Waals surface area (Å²) in [7, 11) is 0. The van der Waals surface area contributed by atoms with E-state index in [-0.39, 0.29) is 18.0 Å². The molecule has 0 bridgehead atoms. The SMILES string of the molecule is C[C@@H](Nc1nc(C2=CCN(C(=O)[C@H]3CCCN3)CC2)ncc1Cl)c1ccc(Cl)cc1Cl. The summed E-state index contributed by atoms with van der Waals surface area (Å²) in [4.78, 5) is 23.6. The molecule has 1 fully saturated rings. The summed E-state index contributed by atoms with van der Waals surface area (Å²) in [5.74, 6) is 1.34. The monoisotopic (exact) mass is 479 g/mol. The summed E-state index contributed by atoms with van der Waals surface area (Å²) in [6, 6.07) is 5.22. The van der Waals surface area contributed by atoms with E-state index in [1.807, 2.05) is 24.0 Å². The van der Waals surface area contributed by atoms with Crippen LogP contribution < -0.4 is 10.6 Å². The van der Waals surface area contributed by atoms with E-state index < -0.39 is 0 Å². The second kappa shape index (κ2) is 9.74. The summed E-state index contributed by atoms with van der Waals surface area (Å²) in [5, 5.41) is 8.19. The van der Waals surface area contributed by atoms with Crippen LogP contribution in [0.3, 0.4) is 0 Å². The highest BCUT2D eigenvalue weighted by Gasteiger charge is 2.28. The zero-order valence-corrected chi connectivity index (χ0v) is 19.4. The maximum absolute atomic E-state index is 12.6. The van der Waals surface area contributed by atoms with Gasteiger partial charge in [0.25, 0.3) is 0 Å². The van der Waals surface area contributed by atoms with Gasteiger partial charge in [-0.05, 0) is 56.0 Å². The van der Waals surface area contributed by atoms with Crippen LogP contribution in [0, 0.1) is 0 Å². The van der Waals surface area contributed by atoms with Crippen molar-refractivity contribution in [1.82, 2.24) is 20.2 Å². The standard InChI is InChI=1S/C22H24Cl3N5O/c1-13(16-5-4-15(23)11-17(16)24)28-21-18(25)12-27-20(29-21)14-6-9-30(10-7-14)22(31)19-3-2-8-26-19/h4-6,11-13,19,26H,2-3,7-10H2,1H3,(H,27,28,29)/t13-,19-/m1/s1. The van der Waals surface area contributed by atoms with Crippen molar-refractivity contribution in [3.05, 3.63) is 56.9 Å². The summed E-state index contributed by atoms with van der Waals surface area (Å²) >= 11 is 18.7. The first-order valence-corrected chi connectivity index (χ1v) is 11.5. The molecule has 6 nitrogen and oxygen atoms in total. The molecule has 2 aliphatic heterocycles. The second-order valence-corrected chi connectivity index (χ2v) is 9.09. The fraction of sp³-hybridized carbons (Fsp3) is 0.409. The van der Waals surface area contributed by atoms with Crippen LogP contribution in [0.1, 0.15) is 43.6 Å². The minimum Gasteiger partial charge on any atom is -0.362 e. The topological polar surface area (TPSA) is 70.2 Å². The third-order valence-electron chi connectivity index (χ3n) is 5.69. The fourth-order valence-corrected chi connectivity index (χ4v) is 4.66. The lowest BCUT2D eigenvalue weighted by Gasteiger charge is -2.28. The highest BCUT2D eigenvalue weighted by Crippen LogP contribution is 2.31. The summed E-state index contributed by atoms with van der Waals surface area (Å²) in [5.41, 5.74) is 1.91. The lowest BCUT2D eigenvalue weighted by Crippen LogP contribution is -2.45. The second-order valence-electron chi connectivity index (χ2n) is 7.83. The molecule has 1 aromatic heterocycles. The average Bonchev–Trinajstić information content (AvgIpc) is 3.30. The minimum absolute atomic E-state index is 0.0429. The Bertz CT molecular complexity index is 1010. The Morgan fingerprint density at radius 1 is 1.29 bits per heavy atom. The lowest BCUT2D eigenvalue weighted by molar-refractivity contribution is -0.132. The van der Waals surface area contributed by atoms with Gasteiger partial charge >= 0.3 is 0 Å². The minimum atomic E-state index is -0.127. The van der Waals surface area contributed by atoms with Gasteiger partial charge in [0.2, 0.25) is 5.91 Å². The van der Waals surface area contributed by atoms with Crippen molar-refractivity contribution >= 4 is 52.1 Å². The van der Waals surface area contributed by atoms with Crippen molar-refractivity contribution in [2.24, 2.45) is 0 Å². The number of halogens is 3. The quantitative estimate of drug-likeness (QED) is 0.632. The van der Waals surface area contributed by atoms with E-state index in [1.165, 1.54) is 0 Å². The van der Waals surface area contributed by atoms with Crippen molar-refractivity contribution in [2.45, 2.75) is 38.3 Å². The van der Waals surface area contributed by atoms with E-state index in [0.717, 1.165) is 30.5 Å².